The molecule has 0 bridgehead atoms. The lowest BCUT2D eigenvalue weighted by Gasteiger charge is -2.21. The maximum atomic E-state index is 12.8. The fourth-order valence-corrected chi connectivity index (χ4v) is 3.90. The number of pyridine rings is 1. The fourth-order valence-electron chi connectivity index (χ4n) is 3.90. The van der Waals surface area contributed by atoms with Crippen molar-refractivity contribution in [2.24, 2.45) is 0 Å². The normalized spacial score (nSPS) is 16.1. The predicted octanol–water partition coefficient (Wildman–Crippen LogP) is 3.07. The molecule has 1 saturated heterocycles. The molecule has 2 aromatic heterocycles. The molecule has 1 aromatic carbocycles. The summed E-state index contributed by atoms with van der Waals surface area (Å²) >= 11 is 0. The third-order valence-corrected chi connectivity index (χ3v) is 5.53. The van der Waals surface area contributed by atoms with E-state index < -0.39 is 0 Å². The van der Waals surface area contributed by atoms with Crippen LogP contribution in [0.2, 0.25) is 0 Å². The summed E-state index contributed by atoms with van der Waals surface area (Å²) in [7, 11) is 3.51. The Balaban J connectivity index is 1.57. The molecule has 0 unspecified atom stereocenters. The lowest BCUT2D eigenvalue weighted by atomic mass is 10.1. The van der Waals surface area contributed by atoms with Gasteiger partial charge in [0.2, 0.25) is 0 Å². The molecule has 8 heteroatoms. The van der Waals surface area contributed by atoms with Crippen molar-refractivity contribution in [2.75, 3.05) is 32.5 Å². The van der Waals surface area contributed by atoms with E-state index in [1.165, 1.54) is 0 Å². The Kier molecular flexibility index (Phi) is 5.15. The van der Waals surface area contributed by atoms with Crippen LogP contribution in [0.1, 0.15) is 39.6 Å². The molecule has 3 aromatic rings. The van der Waals surface area contributed by atoms with E-state index in [0.717, 1.165) is 29.1 Å². The Hall–Kier alpha value is -3.42. The van der Waals surface area contributed by atoms with Gasteiger partial charge in [-0.2, -0.15) is 0 Å². The zero-order valence-electron chi connectivity index (χ0n) is 17.7. The molecule has 0 radical (unpaired) electrons. The Bertz CT molecular complexity index is 1120. The van der Waals surface area contributed by atoms with Crippen LogP contribution in [-0.4, -0.2) is 63.5 Å². The molecule has 1 fully saturated rings. The number of aromatic nitrogens is 3. The van der Waals surface area contributed by atoms with Gasteiger partial charge in [0, 0.05) is 45.0 Å². The first-order valence-electron chi connectivity index (χ1n) is 10.0. The maximum absolute atomic E-state index is 12.8. The molecule has 0 spiro atoms. The van der Waals surface area contributed by atoms with Crippen LogP contribution in [0.3, 0.4) is 0 Å². The molecular weight excluding hydrogens is 380 g/mol. The van der Waals surface area contributed by atoms with Gasteiger partial charge >= 0.3 is 6.03 Å². The average Bonchev–Trinajstić information content (AvgIpc) is 3.35. The van der Waals surface area contributed by atoms with Crippen molar-refractivity contribution in [3.63, 3.8) is 0 Å². The minimum absolute atomic E-state index is 0.000134. The van der Waals surface area contributed by atoms with Crippen molar-refractivity contribution in [1.29, 1.82) is 0 Å². The quantitative estimate of drug-likeness (QED) is 0.725. The van der Waals surface area contributed by atoms with Crippen LogP contribution in [-0.2, 0) is 0 Å². The predicted molar refractivity (Wildman–Crippen MR) is 115 cm³/mol. The molecule has 0 saturated carbocycles. The summed E-state index contributed by atoms with van der Waals surface area (Å²) in [6.45, 7) is 5.28. The molecule has 1 aliphatic rings. The van der Waals surface area contributed by atoms with Crippen molar-refractivity contribution >= 4 is 23.3 Å². The number of carbonyl (C=O) groups excluding carboxylic acids is 2. The van der Waals surface area contributed by atoms with E-state index in [1.807, 2.05) is 41.3 Å². The van der Waals surface area contributed by atoms with Gasteiger partial charge in [-0.05, 0) is 44.0 Å². The lowest BCUT2D eigenvalue weighted by molar-refractivity contribution is 0.102. The van der Waals surface area contributed by atoms with Crippen molar-refractivity contribution < 1.29 is 9.59 Å². The number of urea groups is 1. The smallest absolute Gasteiger partial charge is 0.319 e. The summed E-state index contributed by atoms with van der Waals surface area (Å²) in [4.78, 5) is 28.5. The minimum atomic E-state index is -0.181. The van der Waals surface area contributed by atoms with Crippen LogP contribution in [0, 0.1) is 13.8 Å². The van der Waals surface area contributed by atoms with Crippen LogP contribution in [0.4, 0.5) is 10.5 Å². The van der Waals surface area contributed by atoms with E-state index in [1.54, 1.807) is 37.3 Å². The second-order valence-corrected chi connectivity index (χ2v) is 8.09. The highest BCUT2D eigenvalue weighted by Crippen LogP contribution is 2.27. The molecule has 30 heavy (non-hydrogen) atoms. The van der Waals surface area contributed by atoms with Gasteiger partial charge in [0.05, 0.1) is 5.56 Å². The zero-order valence-corrected chi connectivity index (χ0v) is 17.7. The molecule has 0 aliphatic carbocycles. The number of nitrogens with one attached hydrogen (secondary N) is 1. The van der Waals surface area contributed by atoms with Gasteiger partial charge < -0.3 is 15.1 Å². The molecule has 8 nitrogen and oxygen atoms in total. The first-order chi connectivity index (χ1) is 14.3. The first-order valence-corrected chi connectivity index (χ1v) is 10.0. The monoisotopic (exact) mass is 406 g/mol. The number of rotatable bonds is 3. The van der Waals surface area contributed by atoms with Gasteiger partial charge in [-0.1, -0.05) is 17.7 Å². The summed E-state index contributed by atoms with van der Waals surface area (Å²) in [5, 5.41) is 11.6. The average molecular weight is 406 g/mol. The molecule has 1 atom stereocenters. The zero-order chi connectivity index (χ0) is 21.4. The van der Waals surface area contributed by atoms with Gasteiger partial charge in [0.1, 0.15) is 5.82 Å². The van der Waals surface area contributed by atoms with Crippen LogP contribution in [0.5, 0.6) is 0 Å². The number of aryl methyl sites for hydroxylation is 2. The van der Waals surface area contributed by atoms with Crippen molar-refractivity contribution in [2.45, 2.75) is 26.2 Å². The van der Waals surface area contributed by atoms with E-state index >= 15 is 0 Å². The number of anilines is 1. The number of carbonyl (C=O) groups is 2. The van der Waals surface area contributed by atoms with Gasteiger partial charge in [0.25, 0.3) is 5.91 Å². The standard InChI is InChI=1S/C22H26N6O2/c1-14-5-7-18(15(2)11-14)23-21(29)17-6-8-19-24-25-20(28(19)13-17)16-9-10-27(12-16)22(30)26(3)4/h5-8,11,13,16H,9-10,12H2,1-4H3,(H,23,29)/t16-/m0/s1. The molecular formula is C22H26N6O2. The Morgan fingerprint density at radius 3 is 2.67 bits per heavy atom. The molecule has 3 amide bonds. The molecule has 156 valence electrons. The minimum Gasteiger partial charge on any atom is -0.331 e. The first kappa shape index (κ1) is 19.9. The number of hydrogen-bond acceptors (Lipinski definition) is 4. The summed E-state index contributed by atoms with van der Waals surface area (Å²) in [6, 6.07) is 9.48. The molecule has 1 aliphatic heterocycles. The summed E-state index contributed by atoms with van der Waals surface area (Å²) < 4.78 is 1.87. The van der Waals surface area contributed by atoms with Crippen LogP contribution >= 0.6 is 0 Å². The van der Waals surface area contributed by atoms with Crippen LogP contribution in [0.15, 0.2) is 36.5 Å². The van der Waals surface area contributed by atoms with Crippen molar-refractivity contribution in [1.82, 2.24) is 24.4 Å². The van der Waals surface area contributed by atoms with Crippen LogP contribution in [0.25, 0.3) is 5.65 Å². The number of likely N-dealkylation sites (tertiary alicyclic amines) is 1. The number of benzene rings is 1. The topological polar surface area (TPSA) is 82.8 Å². The van der Waals surface area contributed by atoms with Gasteiger partial charge in [-0.25, -0.2) is 4.79 Å². The van der Waals surface area contributed by atoms with E-state index in [2.05, 4.69) is 15.5 Å². The second kappa shape index (κ2) is 7.78. The highest BCUT2D eigenvalue weighted by molar-refractivity contribution is 6.04. The summed E-state index contributed by atoms with van der Waals surface area (Å²) in [6.07, 6.45) is 2.60. The third-order valence-electron chi connectivity index (χ3n) is 5.53. The Morgan fingerprint density at radius 2 is 1.93 bits per heavy atom. The molecule has 4 rings (SSSR count). The SMILES string of the molecule is Cc1ccc(NC(=O)c2ccc3nnc([C@H]4CCN(C(=O)N(C)C)C4)n3c2)c(C)c1. The highest BCUT2D eigenvalue weighted by Gasteiger charge is 2.31. The lowest BCUT2D eigenvalue weighted by Crippen LogP contribution is -2.37. The molecule has 3 heterocycles. The van der Waals surface area contributed by atoms with Gasteiger partial charge in [-0.3, -0.25) is 9.20 Å². The van der Waals surface area contributed by atoms with E-state index in [9.17, 15) is 9.59 Å². The van der Waals surface area contributed by atoms with Gasteiger partial charge in [-0.15, -0.1) is 10.2 Å². The van der Waals surface area contributed by atoms with E-state index in [-0.39, 0.29) is 17.9 Å². The Morgan fingerprint density at radius 1 is 1.13 bits per heavy atom. The van der Waals surface area contributed by atoms with Crippen molar-refractivity contribution in [3.8, 4) is 0 Å². The van der Waals surface area contributed by atoms with E-state index in [0.29, 0.717) is 24.3 Å². The third kappa shape index (κ3) is 3.72. The van der Waals surface area contributed by atoms with Gasteiger partial charge in [0.15, 0.2) is 5.65 Å². The van der Waals surface area contributed by atoms with E-state index in [4.69, 9.17) is 0 Å². The summed E-state index contributed by atoms with van der Waals surface area (Å²) in [5.74, 6) is 0.682. The second-order valence-electron chi connectivity index (χ2n) is 8.09. The number of hydrogen-bond donors (Lipinski definition) is 1. The maximum Gasteiger partial charge on any atom is 0.319 e. The molecule has 1 N–H and O–H groups in total. The fraction of sp³-hybridized carbons (Fsp3) is 0.364. The van der Waals surface area contributed by atoms with Crippen LogP contribution < -0.4 is 5.32 Å². The number of nitrogens with zero attached hydrogens (tertiary/aromatic N) is 5. The number of fused-ring (bicyclic) bond motifs is 1. The summed E-state index contributed by atoms with van der Waals surface area (Å²) in [5.41, 5.74) is 4.18. The van der Waals surface area contributed by atoms with Crippen molar-refractivity contribution in [3.05, 3.63) is 59.0 Å². The largest absolute Gasteiger partial charge is 0.331 e. The highest BCUT2D eigenvalue weighted by atomic mass is 16.2. The Labute approximate surface area is 175 Å². The number of amides is 3.